The minimum absolute atomic E-state index is 0.0650. The second kappa shape index (κ2) is 11.6. The summed E-state index contributed by atoms with van der Waals surface area (Å²) >= 11 is 0. The van der Waals surface area contributed by atoms with Crippen LogP contribution in [0.3, 0.4) is 0 Å². The molecule has 0 spiro atoms. The standard InChI is InChI=1S/C28H37N3O7/c1-5-36-26(33)22-16-20-17-30(22)25(32)23(28(2,3)4)31(35)27(34)37-14-8-6-7-9-18-10-11-19-12-13-29-24(38-20)21(19)15-18/h10-13,15,20,22-23,35H,5-9,14,16-17H2,1-4H3/t20-,22-,23+/m0/s1. The van der Waals surface area contributed by atoms with Crippen molar-refractivity contribution in [1.29, 1.82) is 0 Å². The summed E-state index contributed by atoms with van der Waals surface area (Å²) in [7, 11) is 0. The van der Waals surface area contributed by atoms with E-state index in [1.165, 1.54) is 4.90 Å². The highest BCUT2D eigenvalue weighted by Gasteiger charge is 2.49. The number of cyclic esters (lactones) is 1. The number of hydrogen-bond acceptors (Lipinski definition) is 8. The van der Waals surface area contributed by atoms with E-state index < -0.39 is 41.6 Å². The van der Waals surface area contributed by atoms with Crippen LogP contribution in [0.15, 0.2) is 30.5 Å². The molecule has 1 fully saturated rings. The second-order valence-electron chi connectivity index (χ2n) is 10.9. The maximum absolute atomic E-state index is 13.9. The number of carbonyl (C=O) groups is 3. The molecule has 0 unspecified atom stereocenters. The lowest BCUT2D eigenvalue weighted by Gasteiger charge is -2.37. The summed E-state index contributed by atoms with van der Waals surface area (Å²) in [5, 5.41) is 13.0. The zero-order valence-electron chi connectivity index (χ0n) is 22.5. The third-order valence-electron chi connectivity index (χ3n) is 7.00. The number of fused-ring (bicyclic) bond motifs is 3. The number of nitrogens with zero attached hydrogens (tertiary/aromatic N) is 3. The van der Waals surface area contributed by atoms with Crippen LogP contribution in [0.4, 0.5) is 4.79 Å². The SMILES string of the molecule is CCOC(=O)[C@@H]1C[C@H]2CN1C(=O)[C@H](C(C)(C)C)N(O)C(=O)OCCCCCc1ccc3ccnc(c3c1)O2. The molecule has 4 bridgehead atoms. The summed E-state index contributed by atoms with van der Waals surface area (Å²) in [5.41, 5.74) is 0.271. The lowest BCUT2D eigenvalue weighted by Crippen LogP contribution is -2.57. The summed E-state index contributed by atoms with van der Waals surface area (Å²) in [6.45, 7) is 7.24. The number of hydrogen-bond donors (Lipinski definition) is 1. The van der Waals surface area contributed by atoms with E-state index in [0.29, 0.717) is 17.4 Å². The van der Waals surface area contributed by atoms with Crippen LogP contribution in [0.2, 0.25) is 0 Å². The molecule has 0 saturated carbocycles. The van der Waals surface area contributed by atoms with Crippen LogP contribution in [-0.4, -0.2) is 76.1 Å². The summed E-state index contributed by atoms with van der Waals surface area (Å²) in [4.78, 5) is 45.3. The van der Waals surface area contributed by atoms with Crippen molar-refractivity contribution in [2.45, 2.75) is 78.0 Å². The van der Waals surface area contributed by atoms with Gasteiger partial charge in [-0.3, -0.25) is 10.0 Å². The number of aromatic nitrogens is 1. The Morgan fingerprint density at radius 2 is 1.97 bits per heavy atom. The third-order valence-corrected chi connectivity index (χ3v) is 7.00. The molecule has 4 rings (SSSR count). The number of carbonyl (C=O) groups excluding carboxylic acids is 3. The van der Waals surface area contributed by atoms with Gasteiger partial charge in [-0.05, 0) is 61.1 Å². The largest absolute Gasteiger partial charge is 0.472 e. The Labute approximate surface area is 222 Å². The Morgan fingerprint density at radius 1 is 1.18 bits per heavy atom. The fourth-order valence-electron chi connectivity index (χ4n) is 5.12. The second-order valence-corrected chi connectivity index (χ2v) is 10.9. The van der Waals surface area contributed by atoms with E-state index in [0.717, 1.165) is 35.6 Å². The van der Waals surface area contributed by atoms with E-state index in [2.05, 4.69) is 17.1 Å². The Morgan fingerprint density at radius 3 is 2.71 bits per heavy atom. The highest BCUT2D eigenvalue weighted by Crippen LogP contribution is 2.33. The molecule has 1 N–H and O–H groups in total. The molecule has 0 aliphatic carbocycles. The number of rotatable bonds is 2. The summed E-state index contributed by atoms with van der Waals surface area (Å²) in [6.07, 6.45) is 3.50. The van der Waals surface area contributed by atoms with Crippen LogP contribution < -0.4 is 4.74 Å². The van der Waals surface area contributed by atoms with Gasteiger partial charge in [0.15, 0.2) is 0 Å². The van der Waals surface area contributed by atoms with Gasteiger partial charge in [0.1, 0.15) is 18.2 Å². The van der Waals surface area contributed by atoms with Crippen molar-refractivity contribution in [2.75, 3.05) is 19.8 Å². The van der Waals surface area contributed by atoms with Gasteiger partial charge in [0, 0.05) is 18.0 Å². The Balaban J connectivity index is 1.73. The molecule has 206 valence electrons. The Bertz CT molecular complexity index is 1180. The van der Waals surface area contributed by atoms with Crippen LogP contribution in [0, 0.1) is 5.41 Å². The first-order valence-electron chi connectivity index (χ1n) is 13.3. The van der Waals surface area contributed by atoms with Crippen molar-refractivity contribution in [2.24, 2.45) is 5.41 Å². The van der Waals surface area contributed by atoms with Gasteiger partial charge in [-0.1, -0.05) is 32.9 Å². The van der Waals surface area contributed by atoms with E-state index >= 15 is 0 Å². The predicted octanol–water partition coefficient (Wildman–Crippen LogP) is 4.12. The van der Waals surface area contributed by atoms with Gasteiger partial charge < -0.3 is 19.1 Å². The molecule has 2 aromatic rings. The topological polar surface area (TPSA) is 119 Å². The van der Waals surface area contributed by atoms with Crippen molar-refractivity contribution in [3.8, 4) is 5.88 Å². The number of aryl methyl sites for hydroxylation is 1. The van der Waals surface area contributed by atoms with Crippen molar-refractivity contribution in [1.82, 2.24) is 14.9 Å². The minimum Gasteiger partial charge on any atom is -0.472 e. The van der Waals surface area contributed by atoms with Gasteiger partial charge >= 0.3 is 12.1 Å². The fourth-order valence-corrected chi connectivity index (χ4v) is 5.12. The number of hydroxylamine groups is 2. The smallest absolute Gasteiger partial charge is 0.434 e. The average molecular weight is 528 g/mol. The van der Waals surface area contributed by atoms with E-state index in [4.69, 9.17) is 14.2 Å². The first kappa shape index (κ1) is 27.6. The number of ether oxygens (including phenoxy) is 3. The third kappa shape index (κ3) is 6.01. The minimum atomic E-state index is -1.29. The number of pyridine rings is 1. The normalized spacial score (nSPS) is 23.6. The molecule has 10 nitrogen and oxygen atoms in total. The average Bonchev–Trinajstić information content (AvgIpc) is 3.29. The van der Waals surface area contributed by atoms with Crippen LogP contribution in [0.25, 0.3) is 10.8 Å². The van der Waals surface area contributed by atoms with E-state index in [9.17, 15) is 19.6 Å². The Hall–Kier alpha value is -3.40. The van der Waals surface area contributed by atoms with Crippen LogP contribution >= 0.6 is 0 Å². The van der Waals surface area contributed by atoms with E-state index in [1.54, 1.807) is 33.9 Å². The van der Waals surface area contributed by atoms with Gasteiger partial charge in [-0.15, -0.1) is 0 Å². The van der Waals surface area contributed by atoms with Gasteiger partial charge in [-0.2, -0.15) is 5.06 Å². The molecule has 2 aliphatic heterocycles. The highest BCUT2D eigenvalue weighted by molar-refractivity contribution is 5.91. The van der Waals surface area contributed by atoms with Gasteiger partial charge in [-0.25, -0.2) is 14.6 Å². The molecule has 3 heterocycles. The fraction of sp³-hybridized carbons (Fsp3) is 0.571. The molecule has 38 heavy (non-hydrogen) atoms. The van der Waals surface area contributed by atoms with Crippen molar-refractivity contribution >= 4 is 28.7 Å². The molecule has 3 atom stereocenters. The quantitative estimate of drug-likeness (QED) is 0.458. The molecule has 2 amide bonds. The first-order chi connectivity index (χ1) is 18.1. The monoisotopic (exact) mass is 527 g/mol. The predicted molar refractivity (Wildman–Crippen MR) is 139 cm³/mol. The lowest BCUT2D eigenvalue weighted by molar-refractivity contribution is -0.171. The van der Waals surface area contributed by atoms with Gasteiger partial charge in [0.25, 0.3) is 0 Å². The molecule has 2 aliphatic rings. The molecule has 1 saturated heterocycles. The molecular weight excluding hydrogens is 490 g/mol. The number of benzene rings is 1. The van der Waals surface area contributed by atoms with Gasteiger partial charge in [0.05, 0.1) is 19.8 Å². The molecule has 1 aromatic heterocycles. The van der Waals surface area contributed by atoms with Crippen molar-refractivity contribution in [3.05, 3.63) is 36.0 Å². The van der Waals surface area contributed by atoms with Crippen LogP contribution in [0.1, 0.15) is 58.9 Å². The summed E-state index contributed by atoms with van der Waals surface area (Å²) in [6, 6.07) is 5.88. The zero-order chi connectivity index (χ0) is 27.4. The van der Waals surface area contributed by atoms with Crippen molar-refractivity contribution in [3.63, 3.8) is 0 Å². The maximum Gasteiger partial charge on any atom is 0.434 e. The lowest BCUT2D eigenvalue weighted by atomic mass is 9.85. The Kier molecular flexibility index (Phi) is 8.40. The van der Waals surface area contributed by atoms with Gasteiger partial charge in [0.2, 0.25) is 11.8 Å². The highest BCUT2D eigenvalue weighted by atomic mass is 16.6. The molecular formula is C28H37N3O7. The molecule has 10 heteroatoms. The van der Waals surface area contributed by atoms with Crippen LogP contribution in [-0.2, 0) is 25.5 Å². The first-order valence-corrected chi connectivity index (χ1v) is 13.3. The summed E-state index contributed by atoms with van der Waals surface area (Å²) < 4.78 is 16.9. The van der Waals surface area contributed by atoms with Crippen molar-refractivity contribution < 1.29 is 33.8 Å². The maximum atomic E-state index is 13.9. The van der Waals surface area contributed by atoms with Crippen LogP contribution in [0.5, 0.6) is 5.88 Å². The zero-order valence-corrected chi connectivity index (χ0v) is 22.5. The molecule has 1 aromatic carbocycles. The summed E-state index contributed by atoms with van der Waals surface area (Å²) in [5.74, 6) is -0.715. The van der Waals surface area contributed by atoms with E-state index in [-0.39, 0.29) is 26.2 Å². The van der Waals surface area contributed by atoms with E-state index in [1.807, 2.05) is 12.1 Å². The molecule has 0 radical (unpaired) electrons. The number of esters is 1. The number of amides is 2.